The van der Waals surface area contributed by atoms with Gasteiger partial charge in [-0.05, 0) is 23.8 Å². The second kappa shape index (κ2) is 5.96. The number of anilines is 1. The fourth-order valence-electron chi connectivity index (χ4n) is 1.64. The molecule has 10 heteroatoms. The zero-order valence-corrected chi connectivity index (χ0v) is 11.4. The minimum atomic E-state index is -4.56. The fraction of sp³-hybridized carbons (Fsp3) is 0.0909. The molecule has 0 aliphatic heterocycles. The molecule has 0 bridgehead atoms. The van der Waals surface area contributed by atoms with Crippen LogP contribution in [0.1, 0.15) is 11.3 Å². The summed E-state index contributed by atoms with van der Waals surface area (Å²) in [5, 5.41) is 13.1. The van der Waals surface area contributed by atoms with Gasteiger partial charge in [0.25, 0.3) is 5.69 Å². The van der Waals surface area contributed by atoms with Gasteiger partial charge in [-0.15, -0.1) is 0 Å². The molecule has 0 spiro atoms. The fourth-order valence-corrected chi connectivity index (χ4v) is 2.48. The highest BCUT2D eigenvalue weighted by Crippen LogP contribution is 2.51. The summed E-state index contributed by atoms with van der Waals surface area (Å²) in [5.74, 6) is -1.34. The molecule has 21 heavy (non-hydrogen) atoms. The van der Waals surface area contributed by atoms with Crippen molar-refractivity contribution in [2.24, 2.45) is 0 Å². The Labute approximate surface area is 119 Å². The van der Waals surface area contributed by atoms with Gasteiger partial charge in [-0.1, -0.05) is 0 Å². The Morgan fingerprint density at radius 2 is 1.76 bits per heavy atom. The van der Waals surface area contributed by atoms with Crippen LogP contribution in [0.3, 0.4) is 0 Å². The second-order valence-corrected chi connectivity index (χ2v) is 5.75. The van der Waals surface area contributed by atoms with Crippen LogP contribution in [-0.4, -0.2) is 24.7 Å². The summed E-state index contributed by atoms with van der Waals surface area (Å²) in [5.41, 5.74) is 0.0283. The van der Waals surface area contributed by atoms with E-state index in [2.05, 4.69) is 15.3 Å². The Kier molecular flexibility index (Phi) is 4.27. The average Bonchev–Trinajstić information content (AvgIpc) is 2.45. The van der Waals surface area contributed by atoms with E-state index < -0.39 is 18.3 Å². The van der Waals surface area contributed by atoms with E-state index >= 15 is 0 Å². The molecule has 0 aliphatic carbocycles. The van der Waals surface area contributed by atoms with Crippen LogP contribution in [0.15, 0.2) is 42.7 Å². The molecule has 0 fully saturated rings. The van der Waals surface area contributed by atoms with E-state index in [1.54, 1.807) is 6.07 Å². The van der Waals surface area contributed by atoms with Crippen LogP contribution in [0.2, 0.25) is 0 Å². The van der Waals surface area contributed by atoms with Crippen LogP contribution in [0.4, 0.5) is 11.6 Å². The lowest BCUT2D eigenvalue weighted by atomic mass is 10.2. The molecule has 0 saturated carbocycles. The topological polar surface area (TPSA) is 138 Å². The lowest BCUT2D eigenvalue weighted by molar-refractivity contribution is -0.384. The summed E-state index contributed by atoms with van der Waals surface area (Å²) < 4.78 is 11.6. The van der Waals surface area contributed by atoms with Crippen LogP contribution < -0.4 is 5.32 Å². The van der Waals surface area contributed by atoms with Crippen molar-refractivity contribution in [2.45, 2.75) is 5.78 Å². The highest BCUT2D eigenvalue weighted by Gasteiger charge is 2.31. The van der Waals surface area contributed by atoms with Gasteiger partial charge in [-0.2, -0.15) is 0 Å². The molecule has 2 aromatic rings. The molecular formula is C11H11N4O5P. The molecule has 1 heterocycles. The molecule has 1 aromatic heterocycles. The third-order valence-electron chi connectivity index (χ3n) is 2.59. The number of hydrogen-bond acceptors (Lipinski definition) is 6. The third kappa shape index (κ3) is 3.82. The summed E-state index contributed by atoms with van der Waals surface area (Å²) in [6.07, 6.45) is 2.84. The highest BCUT2D eigenvalue weighted by atomic mass is 31.2. The minimum absolute atomic E-state index is 0.0455. The standard InChI is InChI=1S/C11H11N4O5P/c16-15(17)9-4-2-8(3-5-9)10(21(18,19)20)14-11-12-6-1-7-13-11/h1-7,10H,(H,12,13,14)(H2,18,19,20). The number of nitro benzene ring substituents is 1. The molecule has 1 aromatic carbocycles. The molecule has 3 N–H and O–H groups in total. The van der Waals surface area contributed by atoms with Gasteiger partial charge in [0.15, 0.2) is 5.78 Å². The predicted molar refractivity (Wildman–Crippen MR) is 73.5 cm³/mol. The molecule has 0 radical (unpaired) electrons. The number of hydrogen-bond donors (Lipinski definition) is 3. The zero-order valence-electron chi connectivity index (χ0n) is 10.5. The van der Waals surface area contributed by atoms with Crippen LogP contribution in [0.25, 0.3) is 0 Å². The Balaban J connectivity index is 2.32. The SMILES string of the molecule is O=[N+]([O-])c1ccc(C(Nc2ncccn2)P(=O)(O)O)cc1. The summed E-state index contributed by atoms with van der Waals surface area (Å²) in [6, 6.07) is 6.45. The maximum absolute atomic E-state index is 11.6. The van der Waals surface area contributed by atoms with Crippen molar-refractivity contribution in [3.63, 3.8) is 0 Å². The Bertz CT molecular complexity index is 673. The molecule has 2 rings (SSSR count). The van der Waals surface area contributed by atoms with Crippen molar-refractivity contribution in [1.29, 1.82) is 0 Å². The van der Waals surface area contributed by atoms with E-state index in [1.807, 2.05) is 0 Å². The van der Waals surface area contributed by atoms with Gasteiger partial charge in [0.1, 0.15) is 0 Å². The minimum Gasteiger partial charge on any atom is -0.336 e. The Hall–Kier alpha value is -2.35. The summed E-state index contributed by atoms with van der Waals surface area (Å²) in [6.45, 7) is 0. The van der Waals surface area contributed by atoms with Crippen LogP contribution >= 0.6 is 7.60 Å². The van der Waals surface area contributed by atoms with Crippen molar-refractivity contribution in [3.8, 4) is 0 Å². The zero-order chi connectivity index (χ0) is 15.5. The van der Waals surface area contributed by atoms with Crippen molar-refractivity contribution in [2.75, 3.05) is 5.32 Å². The third-order valence-corrected chi connectivity index (χ3v) is 3.69. The maximum atomic E-state index is 11.6. The molecule has 9 nitrogen and oxygen atoms in total. The molecule has 110 valence electrons. The summed E-state index contributed by atoms with van der Waals surface area (Å²) in [7, 11) is -4.56. The van der Waals surface area contributed by atoms with Crippen LogP contribution in [-0.2, 0) is 4.57 Å². The number of nitrogens with zero attached hydrogens (tertiary/aromatic N) is 3. The predicted octanol–water partition coefficient (Wildman–Crippen LogP) is 1.67. The van der Waals surface area contributed by atoms with Gasteiger partial charge in [-0.25, -0.2) is 9.97 Å². The van der Waals surface area contributed by atoms with Crippen LogP contribution in [0, 0.1) is 10.1 Å². The molecule has 0 amide bonds. The van der Waals surface area contributed by atoms with Crippen molar-refractivity contribution >= 4 is 19.2 Å². The van der Waals surface area contributed by atoms with Crippen molar-refractivity contribution < 1.29 is 19.3 Å². The molecular weight excluding hydrogens is 299 g/mol. The Morgan fingerprint density at radius 1 is 1.19 bits per heavy atom. The maximum Gasteiger partial charge on any atom is 0.352 e. The van der Waals surface area contributed by atoms with Crippen molar-refractivity contribution in [1.82, 2.24) is 9.97 Å². The van der Waals surface area contributed by atoms with E-state index in [1.165, 1.54) is 36.7 Å². The lowest BCUT2D eigenvalue weighted by Gasteiger charge is -2.20. The van der Waals surface area contributed by atoms with Gasteiger partial charge < -0.3 is 15.1 Å². The summed E-state index contributed by atoms with van der Waals surface area (Å²) >= 11 is 0. The molecule has 1 atom stereocenters. The quantitative estimate of drug-likeness (QED) is 0.430. The first kappa shape index (κ1) is 15.0. The number of nitro groups is 1. The number of nitrogens with one attached hydrogen (secondary N) is 1. The van der Waals surface area contributed by atoms with Crippen LogP contribution in [0.5, 0.6) is 0 Å². The van der Waals surface area contributed by atoms with Gasteiger partial charge >= 0.3 is 7.60 Å². The molecule has 0 aliphatic rings. The van der Waals surface area contributed by atoms with Gasteiger partial charge in [0, 0.05) is 24.5 Å². The summed E-state index contributed by atoms with van der Waals surface area (Å²) in [4.78, 5) is 36.5. The van der Waals surface area contributed by atoms with Gasteiger partial charge in [0.05, 0.1) is 4.92 Å². The highest BCUT2D eigenvalue weighted by molar-refractivity contribution is 7.52. The van der Waals surface area contributed by atoms with Crippen molar-refractivity contribution in [3.05, 3.63) is 58.4 Å². The number of rotatable bonds is 5. The normalized spacial score (nSPS) is 12.7. The van der Waals surface area contributed by atoms with E-state index in [-0.39, 0.29) is 17.2 Å². The van der Waals surface area contributed by atoms with E-state index in [0.29, 0.717) is 0 Å². The molecule has 0 saturated heterocycles. The van der Waals surface area contributed by atoms with Gasteiger partial charge in [-0.3, -0.25) is 14.7 Å². The number of benzene rings is 1. The van der Waals surface area contributed by atoms with Gasteiger partial charge in [0.2, 0.25) is 5.95 Å². The Morgan fingerprint density at radius 3 is 2.24 bits per heavy atom. The number of aromatic nitrogens is 2. The largest absolute Gasteiger partial charge is 0.352 e. The van der Waals surface area contributed by atoms with E-state index in [9.17, 15) is 24.5 Å². The number of non-ortho nitro benzene ring substituents is 1. The first-order valence-corrected chi connectivity index (χ1v) is 7.39. The average molecular weight is 310 g/mol. The first-order chi connectivity index (χ1) is 9.88. The van der Waals surface area contributed by atoms with E-state index in [0.717, 1.165) is 0 Å². The van der Waals surface area contributed by atoms with E-state index in [4.69, 9.17) is 0 Å². The molecule has 1 unspecified atom stereocenters. The smallest absolute Gasteiger partial charge is 0.336 e. The lowest BCUT2D eigenvalue weighted by Crippen LogP contribution is -2.13. The monoisotopic (exact) mass is 310 g/mol. The first-order valence-electron chi connectivity index (χ1n) is 5.71. The second-order valence-electron chi connectivity index (χ2n) is 4.06.